The molecule has 0 radical (unpaired) electrons. The number of carbonyl (C=O) groups is 3. The van der Waals surface area contributed by atoms with Gasteiger partial charge in [-0.3, -0.25) is 19.7 Å². The Morgan fingerprint density at radius 3 is 2.39 bits per heavy atom. The summed E-state index contributed by atoms with van der Waals surface area (Å²) in [5.74, 6) is -1.16. The van der Waals surface area contributed by atoms with Crippen LogP contribution in [0.4, 0.5) is 10.5 Å². The van der Waals surface area contributed by atoms with Gasteiger partial charge in [-0.05, 0) is 43.2 Å². The Kier molecular flexibility index (Phi) is 5.40. The molecule has 9 nitrogen and oxygen atoms in total. The molecule has 2 aromatic rings. The van der Waals surface area contributed by atoms with Gasteiger partial charge in [0.2, 0.25) is 0 Å². The summed E-state index contributed by atoms with van der Waals surface area (Å²) >= 11 is 0. The second-order valence-electron chi connectivity index (χ2n) is 7.65. The number of carbonyl (C=O) groups excluding carboxylic acids is 3. The fourth-order valence-corrected chi connectivity index (χ4v) is 4.99. The van der Waals surface area contributed by atoms with Crippen molar-refractivity contribution in [2.75, 3.05) is 4.72 Å². The molecule has 1 saturated carbocycles. The third-order valence-electron chi connectivity index (χ3n) is 5.51. The molecule has 0 unspecified atom stereocenters. The van der Waals surface area contributed by atoms with E-state index in [2.05, 4.69) is 15.5 Å². The van der Waals surface area contributed by atoms with Gasteiger partial charge >= 0.3 is 6.03 Å². The highest BCUT2D eigenvalue weighted by atomic mass is 32.2. The van der Waals surface area contributed by atoms with Gasteiger partial charge < -0.3 is 5.32 Å². The summed E-state index contributed by atoms with van der Waals surface area (Å²) in [6.07, 6.45) is 3.75. The maximum absolute atomic E-state index is 12.8. The van der Waals surface area contributed by atoms with E-state index >= 15 is 0 Å². The molecule has 0 bridgehead atoms. The smallest absolute Gasteiger partial charge is 0.322 e. The predicted octanol–water partition coefficient (Wildman–Crippen LogP) is 2.39. The highest BCUT2D eigenvalue weighted by Crippen LogP contribution is 2.33. The van der Waals surface area contributed by atoms with E-state index in [0.29, 0.717) is 17.9 Å². The number of rotatable bonds is 5. The average molecular weight is 442 g/mol. The largest absolute Gasteiger partial charge is 0.344 e. The van der Waals surface area contributed by atoms with Crippen LogP contribution in [0.2, 0.25) is 0 Å². The molecule has 0 atom stereocenters. The van der Waals surface area contributed by atoms with Crippen LogP contribution in [0.3, 0.4) is 0 Å². The first kappa shape index (κ1) is 20.9. The number of benzene rings is 2. The van der Waals surface area contributed by atoms with E-state index in [1.165, 1.54) is 36.4 Å². The fourth-order valence-electron chi connectivity index (χ4n) is 3.92. The Labute approximate surface area is 179 Å². The summed E-state index contributed by atoms with van der Waals surface area (Å²) in [5, 5.41) is 3.43. The lowest BCUT2D eigenvalue weighted by Gasteiger charge is -2.30. The molecular weight excluding hydrogens is 420 g/mol. The molecular formula is C21H22N4O5S. The van der Waals surface area contributed by atoms with Crippen LogP contribution in [0, 0.1) is 0 Å². The zero-order valence-corrected chi connectivity index (χ0v) is 17.4. The van der Waals surface area contributed by atoms with Crippen molar-refractivity contribution in [1.82, 2.24) is 15.8 Å². The molecule has 2 aliphatic rings. The summed E-state index contributed by atoms with van der Waals surface area (Å²) in [7, 11) is -3.82. The van der Waals surface area contributed by atoms with Crippen molar-refractivity contribution in [3.05, 3.63) is 60.2 Å². The van der Waals surface area contributed by atoms with Gasteiger partial charge in [0.05, 0.1) is 4.90 Å². The number of nitrogens with one attached hydrogen (secondary N) is 3. The molecule has 0 aromatic heterocycles. The molecule has 1 aliphatic heterocycles. The number of nitrogens with zero attached hydrogens (tertiary/aromatic N) is 1. The third-order valence-corrected chi connectivity index (χ3v) is 6.91. The Morgan fingerprint density at radius 1 is 0.968 bits per heavy atom. The van der Waals surface area contributed by atoms with Gasteiger partial charge in [0, 0.05) is 11.3 Å². The summed E-state index contributed by atoms with van der Waals surface area (Å²) in [4.78, 5) is 37.9. The second-order valence-corrected chi connectivity index (χ2v) is 9.34. The number of urea groups is 1. The van der Waals surface area contributed by atoms with E-state index in [9.17, 15) is 22.8 Å². The van der Waals surface area contributed by atoms with Crippen LogP contribution in [0.15, 0.2) is 59.5 Å². The lowest BCUT2D eigenvalue weighted by molar-refractivity contribution is -0.134. The van der Waals surface area contributed by atoms with Crippen LogP contribution in [0.25, 0.3) is 0 Å². The SMILES string of the molecule is O=C(NN1C(=O)NC2(CCCCC2)C1=O)c1cccc(NS(=O)(=O)c2ccccc2)c1. The van der Waals surface area contributed by atoms with E-state index in [1.807, 2.05) is 0 Å². The van der Waals surface area contributed by atoms with E-state index in [0.717, 1.165) is 19.3 Å². The van der Waals surface area contributed by atoms with Crippen LogP contribution >= 0.6 is 0 Å². The number of hydrogen-bond donors (Lipinski definition) is 3. The molecule has 4 amide bonds. The minimum atomic E-state index is -3.82. The molecule has 4 rings (SSSR count). The van der Waals surface area contributed by atoms with Gasteiger partial charge in [-0.2, -0.15) is 5.01 Å². The lowest BCUT2D eigenvalue weighted by atomic mass is 9.82. The Hall–Kier alpha value is -3.40. The van der Waals surface area contributed by atoms with Crippen LogP contribution < -0.4 is 15.5 Å². The average Bonchev–Trinajstić information content (AvgIpc) is 2.98. The highest BCUT2D eigenvalue weighted by Gasteiger charge is 2.52. The molecule has 162 valence electrons. The molecule has 3 N–H and O–H groups in total. The number of amides is 4. The first-order valence-electron chi connectivity index (χ1n) is 9.96. The van der Waals surface area contributed by atoms with Gasteiger partial charge in [0.25, 0.3) is 21.8 Å². The molecule has 2 fully saturated rings. The van der Waals surface area contributed by atoms with Crippen molar-refractivity contribution < 1.29 is 22.8 Å². The Morgan fingerprint density at radius 2 is 1.68 bits per heavy atom. The molecule has 1 saturated heterocycles. The van der Waals surface area contributed by atoms with Gasteiger partial charge in [0.1, 0.15) is 5.54 Å². The number of imide groups is 1. The van der Waals surface area contributed by atoms with Gasteiger partial charge in [-0.25, -0.2) is 13.2 Å². The first-order valence-corrected chi connectivity index (χ1v) is 11.4. The highest BCUT2D eigenvalue weighted by molar-refractivity contribution is 7.92. The van der Waals surface area contributed by atoms with Crippen LogP contribution in [0.1, 0.15) is 42.5 Å². The van der Waals surface area contributed by atoms with Gasteiger partial charge in [-0.15, -0.1) is 0 Å². The number of anilines is 1. The Bertz CT molecular complexity index is 1130. The Balaban J connectivity index is 1.49. The normalized spacial score (nSPS) is 18.0. The number of hydrogen-bond acceptors (Lipinski definition) is 5. The standard InChI is InChI=1S/C21H22N4O5S/c26-18(23-25-19(27)21(22-20(25)28)12-5-2-6-13-21)15-8-7-9-16(14-15)24-31(29,30)17-10-3-1-4-11-17/h1,3-4,7-11,14,24H,2,5-6,12-13H2,(H,22,28)(H,23,26). The summed E-state index contributed by atoms with van der Waals surface area (Å²) < 4.78 is 27.4. The van der Waals surface area contributed by atoms with Crippen molar-refractivity contribution in [2.24, 2.45) is 0 Å². The van der Waals surface area contributed by atoms with E-state index in [-0.39, 0.29) is 16.1 Å². The molecule has 10 heteroatoms. The summed E-state index contributed by atoms with van der Waals surface area (Å²) in [6.45, 7) is 0. The predicted molar refractivity (Wildman–Crippen MR) is 112 cm³/mol. The lowest BCUT2D eigenvalue weighted by Crippen LogP contribution is -2.50. The molecule has 2 aromatic carbocycles. The molecule has 1 aliphatic carbocycles. The molecule has 31 heavy (non-hydrogen) atoms. The van der Waals surface area contributed by atoms with Crippen molar-refractivity contribution >= 4 is 33.6 Å². The topological polar surface area (TPSA) is 125 Å². The molecule has 1 heterocycles. The monoisotopic (exact) mass is 442 g/mol. The number of sulfonamides is 1. The minimum Gasteiger partial charge on any atom is -0.322 e. The zero-order chi connectivity index (χ0) is 22.1. The maximum atomic E-state index is 12.8. The maximum Gasteiger partial charge on any atom is 0.344 e. The minimum absolute atomic E-state index is 0.0852. The molecule has 1 spiro atoms. The summed E-state index contributed by atoms with van der Waals surface area (Å²) in [5.41, 5.74) is 1.67. The quantitative estimate of drug-likeness (QED) is 0.613. The first-order chi connectivity index (χ1) is 14.8. The van der Waals surface area contributed by atoms with Gasteiger partial charge in [0.15, 0.2) is 0 Å². The van der Waals surface area contributed by atoms with Crippen molar-refractivity contribution in [3.8, 4) is 0 Å². The number of hydrazine groups is 1. The third kappa shape index (κ3) is 4.11. The fraction of sp³-hybridized carbons (Fsp3) is 0.286. The van der Waals surface area contributed by atoms with Crippen LogP contribution in [0.5, 0.6) is 0 Å². The summed E-state index contributed by atoms with van der Waals surface area (Å²) in [6, 6.07) is 13.0. The van der Waals surface area contributed by atoms with Crippen LogP contribution in [-0.4, -0.2) is 36.8 Å². The van der Waals surface area contributed by atoms with Crippen molar-refractivity contribution in [2.45, 2.75) is 42.5 Å². The second kappa shape index (κ2) is 8.03. The van der Waals surface area contributed by atoms with Crippen molar-refractivity contribution in [1.29, 1.82) is 0 Å². The zero-order valence-electron chi connectivity index (χ0n) is 16.6. The van der Waals surface area contributed by atoms with Crippen molar-refractivity contribution in [3.63, 3.8) is 0 Å². The van der Waals surface area contributed by atoms with E-state index < -0.39 is 33.4 Å². The van der Waals surface area contributed by atoms with E-state index in [4.69, 9.17) is 0 Å². The van der Waals surface area contributed by atoms with Crippen LogP contribution in [-0.2, 0) is 14.8 Å². The van der Waals surface area contributed by atoms with E-state index in [1.54, 1.807) is 18.2 Å². The van der Waals surface area contributed by atoms with Gasteiger partial charge in [-0.1, -0.05) is 43.5 Å².